The van der Waals surface area contributed by atoms with Crippen LogP contribution < -0.4 is 5.73 Å². The Morgan fingerprint density at radius 3 is 2.17 bits per heavy atom. The minimum atomic E-state index is -0.229. The molecular formula is C15H18FNS. The molecule has 0 aliphatic carbocycles. The fraction of sp³-hybridized carbons (Fsp3) is 0.333. The van der Waals surface area contributed by atoms with E-state index in [0.717, 1.165) is 10.4 Å². The van der Waals surface area contributed by atoms with Crippen molar-refractivity contribution < 1.29 is 4.39 Å². The maximum Gasteiger partial charge on any atom is 0.123 e. The standard InChI is InChI=1S/C15H18FNS/c1-15(2,3)13-9-8-12(18-13)14(17)10-4-6-11(16)7-5-10/h4-9,14H,17H2,1-3H3. The molecule has 0 saturated heterocycles. The van der Waals surface area contributed by atoms with E-state index in [1.165, 1.54) is 17.0 Å². The smallest absolute Gasteiger partial charge is 0.123 e. The third-order valence-corrected chi connectivity index (χ3v) is 4.50. The molecule has 0 fully saturated rings. The Morgan fingerprint density at radius 2 is 1.67 bits per heavy atom. The van der Waals surface area contributed by atoms with Gasteiger partial charge in [-0.05, 0) is 35.2 Å². The molecule has 18 heavy (non-hydrogen) atoms. The molecule has 0 saturated carbocycles. The summed E-state index contributed by atoms with van der Waals surface area (Å²) in [5.74, 6) is -0.229. The van der Waals surface area contributed by atoms with Gasteiger partial charge in [-0.2, -0.15) is 0 Å². The predicted octanol–water partition coefficient (Wildman–Crippen LogP) is 4.23. The summed E-state index contributed by atoms with van der Waals surface area (Å²) in [5.41, 5.74) is 7.30. The molecule has 3 heteroatoms. The van der Waals surface area contributed by atoms with E-state index in [2.05, 4.69) is 32.9 Å². The minimum Gasteiger partial charge on any atom is -0.320 e. The van der Waals surface area contributed by atoms with Gasteiger partial charge < -0.3 is 5.73 Å². The molecule has 0 bridgehead atoms. The Bertz CT molecular complexity index is 522. The summed E-state index contributed by atoms with van der Waals surface area (Å²) in [6.45, 7) is 6.56. The fourth-order valence-electron chi connectivity index (χ4n) is 1.76. The lowest BCUT2D eigenvalue weighted by Crippen LogP contribution is -2.10. The van der Waals surface area contributed by atoms with E-state index < -0.39 is 0 Å². The van der Waals surface area contributed by atoms with Gasteiger partial charge in [0.2, 0.25) is 0 Å². The fourth-order valence-corrected chi connectivity index (χ4v) is 2.85. The topological polar surface area (TPSA) is 26.0 Å². The molecule has 2 N–H and O–H groups in total. The average molecular weight is 263 g/mol. The molecule has 1 aromatic heterocycles. The van der Waals surface area contributed by atoms with Crippen LogP contribution in [0.2, 0.25) is 0 Å². The highest BCUT2D eigenvalue weighted by atomic mass is 32.1. The third kappa shape index (κ3) is 2.79. The van der Waals surface area contributed by atoms with Crippen LogP contribution in [0.3, 0.4) is 0 Å². The Hall–Kier alpha value is -1.19. The molecule has 0 spiro atoms. The highest BCUT2D eigenvalue weighted by molar-refractivity contribution is 7.12. The molecule has 1 nitrogen and oxygen atoms in total. The molecule has 1 unspecified atom stereocenters. The van der Waals surface area contributed by atoms with Crippen LogP contribution in [0.1, 0.15) is 42.1 Å². The van der Waals surface area contributed by atoms with Crippen LogP contribution in [0.5, 0.6) is 0 Å². The highest BCUT2D eigenvalue weighted by Crippen LogP contribution is 2.33. The first-order valence-corrected chi connectivity index (χ1v) is 6.81. The highest BCUT2D eigenvalue weighted by Gasteiger charge is 2.18. The van der Waals surface area contributed by atoms with Gasteiger partial charge in [0.05, 0.1) is 6.04 Å². The molecule has 0 aliphatic heterocycles. The first kappa shape index (κ1) is 13.2. The minimum absolute atomic E-state index is 0.144. The van der Waals surface area contributed by atoms with Crippen molar-refractivity contribution in [2.24, 2.45) is 5.73 Å². The summed E-state index contributed by atoms with van der Waals surface area (Å²) >= 11 is 1.73. The van der Waals surface area contributed by atoms with Crippen molar-refractivity contribution in [3.8, 4) is 0 Å². The number of hydrogen-bond donors (Lipinski definition) is 1. The number of halogens is 1. The molecule has 1 atom stereocenters. The van der Waals surface area contributed by atoms with Gasteiger partial charge in [0.25, 0.3) is 0 Å². The first-order valence-electron chi connectivity index (χ1n) is 5.99. The van der Waals surface area contributed by atoms with Crippen molar-refractivity contribution in [2.45, 2.75) is 32.2 Å². The molecule has 0 amide bonds. The predicted molar refractivity (Wildman–Crippen MR) is 75.4 cm³/mol. The van der Waals surface area contributed by atoms with Gasteiger partial charge in [-0.15, -0.1) is 11.3 Å². The van der Waals surface area contributed by atoms with E-state index in [9.17, 15) is 4.39 Å². The molecule has 1 heterocycles. The summed E-state index contributed by atoms with van der Waals surface area (Å²) in [5, 5.41) is 0. The second-order valence-electron chi connectivity index (χ2n) is 5.48. The second kappa shape index (κ2) is 4.82. The molecule has 2 aromatic rings. The van der Waals surface area contributed by atoms with Gasteiger partial charge in [-0.25, -0.2) is 4.39 Å². The second-order valence-corrected chi connectivity index (χ2v) is 6.60. The number of thiophene rings is 1. The number of benzene rings is 1. The van der Waals surface area contributed by atoms with E-state index in [4.69, 9.17) is 5.73 Å². The third-order valence-electron chi connectivity index (χ3n) is 2.90. The quantitative estimate of drug-likeness (QED) is 0.862. The summed E-state index contributed by atoms with van der Waals surface area (Å²) in [4.78, 5) is 2.43. The normalized spacial score (nSPS) is 13.6. The summed E-state index contributed by atoms with van der Waals surface area (Å²) in [7, 11) is 0. The van der Waals surface area contributed by atoms with Crippen molar-refractivity contribution in [2.75, 3.05) is 0 Å². The van der Waals surface area contributed by atoms with Crippen molar-refractivity contribution >= 4 is 11.3 Å². The largest absolute Gasteiger partial charge is 0.320 e. The monoisotopic (exact) mass is 263 g/mol. The van der Waals surface area contributed by atoms with Crippen LogP contribution in [0, 0.1) is 5.82 Å². The lowest BCUT2D eigenvalue weighted by Gasteiger charge is -2.16. The van der Waals surface area contributed by atoms with Crippen LogP contribution in [0.15, 0.2) is 36.4 Å². The van der Waals surface area contributed by atoms with Crippen LogP contribution >= 0.6 is 11.3 Å². The van der Waals surface area contributed by atoms with Crippen LogP contribution in [-0.2, 0) is 5.41 Å². The van der Waals surface area contributed by atoms with Crippen LogP contribution in [0.4, 0.5) is 4.39 Å². The van der Waals surface area contributed by atoms with Crippen molar-refractivity contribution in [1.29, 1.82) is 0 Å². The van der Waals surface area contributed by atoms with E-state index in [1.54, 1.807) is 23.5 Å². The van der Waals surface area contributed by atoms with Gasteiger partial charge in [-0.1, -0.05) is 32.9 Å². The summed E-state index contributed by atoms with van der Waals surface area (Å²) < 4.78 is 12.9. The van der Waals surface area contributed by atoms with Crippen molar-refractivity contribution in [3.63, 3.8) is 0 Å². The zero-order valence-corrected chi connectivity index (χ0v) is 11.7. The van der Waals surface area contributed by atoms with Gasteiger partial charge >= 0.3 is 0 Å². The Balaban J connectivity index is 2.26. The van der Waals surface area contributed by atoms with Gasteiger partial charge in [0, 0.05) is 9.75 Å². The zero-order valence-electron chi connectivity index (χ0n) is 10.9. The summed E-state index contributed by atoms with van der Waals surface area (Å²) in [6, 6.07) is 10.4. The van der Waals surface area contributed by atoms with Gasteiger partial charge in [-0.3, -0.25) is 0 Å². The number of nitrogens with two attached hydrogens (primary N) is 1. The van der Waals surface area contributed by atoms with Crippen LogP contribution in [0.25, 0.3) is 0 Å². The molecule has 2 rings (SSSR count). The molecule has 0 aliphatic rings. The average Bonchev–Trinajstić information content (AvgIpc) is 2.78. The lowest BCUT2D eigenvalue weighted by molar-refractivity contribution is 0.604. The Labute approximate surface area is 111 Å². The van der Waals surface area contributed by atoms with Gasteiger partial charge in [0.1, 0.15) is 5.82 Å². The Kier molecular flexibility index (Phi) is 3.55. The maximum absolute atomic E-state index is 12.9. The van der Waals surface area contributed by atoms with E-state index in [0.29, 0.717) is 0 Å². The molecule has 96 valence electrons. The lowest BCUT2D eigenvalue weighted by atomic mass is 9.95. The zero-order chi connectivity index (χ0) is 13.3. The van der Waals surface area contributed by atoms with Gasteiger partial charge in [0.15, 0.2) is 0 Å². The molecule has 1 aromatic carbocycles. The SMILES string of the molecule is CC(C)(C)c1ccc(C(N)c2ccc(F)cc2)s1. The first-order chi connectivity index (χ1) is 8.38. The number of rotatable bonds is 2. The molecule has 0 radical (unpaired) electrons. The van der Waals surface area contributed by atoms with E-state index >= 15 is 0 Å². The Morgan fingerprint density at radius 1 is 1.06 bits per heavy atom. The van der Waals surface area contributed by atoms with Crippen LogP contribution in [-0.4, -0.2) is 0 Å². The van der Waals surface area contributed by atoms with E-state index in [1.807, 2.05) is 0 Å². The van der Waals surface area contributed by atoms with E-state index in [-0.39, 0.29) is 17.3 Å². The number of hydrogen-bond acceptors (Lipinski definition) is 2. The molecular weight excluding hydrogens is 245 g/mol. The van der Waals surface area contributed by atoms with Crippen molar-refractivity contribution in [3.05, 3.63) is 57.5 Å². The maximum atomic E-state index is 12.9. The summed E-state index contributed by atoms with van der Waals surface area (Å²) in [6.07, 6.45) is 0. The van der Waals surface area contributed by atoms with Crippen molar-refractivity contribution in [1.82, 2.24) is 0 Å².